The van der Waals surface area contributed by atoms with E-state index in [1.54, 1.807) is 43.3 Å². The van der Waals surface area contributed by atoms with Crippen LogP contribution in [-0.4, -0.2) is 5.11 Å². The van der Waals surface area contributed by atoms with E-state index in [4.69, 9.17) is 4.74 Å². The lowest BCUT2D eigenvalue weighted by Crippen LogP contribution is -1.99. The zero-order valence-electron chi connectivity index (χ0n) is 10.4. The lowest BCUT2D eigenvalue weighted by molar-refractivity contribution is 0.199. The molecule has 100 valence electrons. The smallest absolute Gasteiger partial charge is 0.129 e. The first-order valence-electron chi connectivity index (χ1n) is 5.91. The van der Waals surface area contributed by atoms with Gasteiger partial charge >= 0.3 is 0 Å². The molecule has 0 spiro atoms. The quantitative estimate of drug-likeness (QED) is 0.912. The summed E-state index contributed by atoms with van der Waals surface area (Å²) in [5, 5.41) is 9.39. The fourth-order valence-electron chi connectivity index (χ4n) is 1.66. The summed E-state index contributed by atoms with van der Waals surface area (Å²) in [7, 11) is 0. The Morgan fingerprint density at radius 2 is 1.89 bits per heavy atom. The summed E-state index contributed by atoms with van der Waals surface area (Å²) < 4.78 is 19.8. The lowest BCUT2D eigenvalue weighted by Gasteiger charge is -2.09. The first-order valence-corrected chi connectivity index (χ1v) is 6.70. The van der Waals surface area contributed by atoms with Crippen LogP contribution in [0.25, 0.3) is 0 Å². The molecule has 2 rings (SSSR count). The van der Waals surface area contributed by atoms with Gasteiger partial charge in [0.2, 0.25) is 0 Å². The Hall–Kier alpha value is -1.39. The van der Waals surface area contributed by atoms with Gasteiger partial charge in [-0.2, -0.15) is 0 Å². The first kappa shape index (κ1) is 14.0. The molecule has 1 atom stereocenters. The van der Waals surface area contributed by atoms with Crippen LogP contribution in [0.3, 0.4) is 0 Å². The van der Waals surface area contributed by atoms with Crippen molar-refractivity contribution in [2.75, 3.05) is 0 Å². The maximum absolute atomic E-state index is 13.5. The third-order valence-corrected chi connectivity index (χ3v) is 3.26. The molecular formula is C15H14BrFO2. The molecule has 0 aliphatic carbocycles. The fraction of sp³-hybridized carbons (Fsp3) is 0.200. The van der Waals surface area contributed by atoms with Crippen molar-refractivity contribution >= 4 is 15.9 Å². The van der Waals surface area contributed by atoms with E-state index in [-0.39, 0.29) is 12.4 Å². The van der Waals surface area contributed by atoms with Gasteiger partial charge in [-0.3, -0.25) is 0 Å². The van der Waals surface area contributed by atoms with Gasteiger partial charge in [0.25, 0.3) is 0 Å². The van der Waals surface area contributed by atoms with E-state index < -0.39 is 6.10 Å². The molecule has 0 aromatic heterocycles. The average molecular weight is 325 g/mol. The molecule has 0 aliphatic heterocycles. The number of halogens is 2. The number of aliphatic hydroxyl groups excluding tert-OH is 1. The molecule has 0 saturated heterocycles. The molecule has 0 aliphatic rings. The summed E-state index contributed by atoms with van der Waals surface area (Å²) in [5.74, 6) is 0.354. The number of rotatable bonds is 4. The topological polar surface area (TPSA) is 29.5 Å². The van der Waals surface area contributed by atoms with Crippen molar-refractivity contribution < 1.29 is 14.2 Å². The number of ether oxygens (including phenoxy) is 1. The largest absolute Gasteiger partial charge is 0.489 e. The molecule has 4 heteroatoms. The summed E-state index contributed by atoms with van der Waals surface area (Å²) in [4.78, 5) is 0. The zero-order chi connectivity index (χ0) is 13.8. The second-order valence-corrected chi connectivity index (χ2v) is 5.19. The van der Waals surface area contributed by atoms with Crippen molar-refractivity contribution in [2.45, 2.75) is 19.6 Å². The standard InChI is InChI=1S/C15H14BrFO2/c1-10(18)11-2-5-14(6-3-11)19-9-12-8-13(16)4-7-15(12)17/h2-8,10,18H,9H2,1H3. The first-order chi connectivity index (χ1) is 9.06. The molecule has 19 heavy (non-hydrogen) atoms. The number of hydrogen-bond donors (Lipinski definition) is 1. The van der Waals surface area contributed by atoms with Crippen LogP contribution in [0, 0.1) is 5.82 Å². The minimum absolute atomic E-state index is 0.166. The fourth-order valence-corrected chi connectivity index (χ4v) is 2.07. The maximum atomic E-state index is 13.5. The Bertz CT molecular complexity index is 553. The third-order valence-electron chi connectivity index (χ3n) is 2.76. The van der Waals surface area contributed by atoms with Crippen molar-refractivity contribution in [3.8, 4) is 5.75 Å². The van der Waals surface area contributed by atoms with Gasteiger partial charge in [0.05, 0.1) is 6.10 Å². The van der Waals surface area contributed by atoms with Crippen molar-refractivity contribution in [2.24, 2.45) is 0 Å². The normalized spacial score (nSPS) is 12.2. The lowest BCUT2D eigenvalue weighted by atomic mass is 10.1. The van der Waals surface area contributed by atoms with E-state index in [1.807, 2.05) is 0 Å². The van der Waals surface area contributed by atoms with Crippen LogP contribution in [0.15, 0.2) is 46.9 Å². The average Bonchev–Trinajstić information content (AvgIpc) is 2.40. The SMILES string of the molecule is CC(O)c1ccc(OCc2cc(Br)ccc2F)cc1. The van der Waals surface area contributed by atoms with Crippen LogP contribution in [0.5, 0.6) is 5.75 Å². The van der Waals surface area contributed by atoms with Crippen LogP contribution >= 0.6 is 15.9 Å². The van der Waals surface area contributed by atoms with E-state index in [0.29, 0.717) is 11.3 Å². The molecular weight excluding hydrogens is 311 g/mol. The number of benzene rings is 2. The van der Waals surface area contributed by atoms with Gasteiger partial charge in [-0.1, -0.05) is 28.1 Å². The maximum Gasteiger partial charge on any atom is 0.129 e. The Labute approximate surface area is 120 Å². The second-order valence-electron chi connectivity index (χ2n) is 4.27. The van der Waals surface area contributed by atoms with Crippen LogP contribution < -0.4 is 4.74 Å². The highest BCUT2D eigenvalue weighted by molar-refractivity contribution is 9.10. The Kier molecular flexibility index (Phi) is 4.56. The molecule has 0 fully saturated rings. The predicted molar refractivity (Wildman–Crippen MR) is 75.5 cm³/mol. The van der Waals surface area contributed by atoms with Gasteiger partial charge in [-0.05, 0) is 42.8 Å². The Balaban J connectivity index is 2.04. The molecule has 2 aromatic carbocycles. The highest BCUT2D eigenvalue weighted by Gasteiger charge is 2.05. The van der Waals surface area contributed by atoms with Crippen LogP contribution in [0.2, 0.25) is 0 Å². The number of aliphatic hydroxyl groups is 1. The third kappa shape index (κ3) is 3.78. The monoisotopic (exact) mass is 324 g/mol. The van der Waals surface area contributed by atoms with E-state index in [2.05, 4.69) is 15.9 Å². The van der Waals surface area contributed by atoms with E-state index in [1.165, 1.54) is 6.07 Å². The summed E-state index contributed by atoms with van der Waals surface area (Å²) >= 11 is 3.30. The minimum Gasteiger partial charge on any atom is -0.489 e. The van der Waals surface area contributed by atoms with Crippen molar-refractivity contribution in [3.05, 3.63) is 63.9 Å². The summed E-state index contributed by atoms with van der Waals surface area (Å²) in [5.41, 5.74) is 1.31. The van der Waals surface area contributed by atoms with Crippen LogP contribution in [0.4, 0.5) is 4.39 Å². The minimum atomic E-state index is -0.503. The van der Waals surface area contributed by atoms with Crippen molar-refractivity contribution in [1.82, 2.24) is 0 Å². The van der Waals surface area contributed by atoms with Crippen LogP contribution in [0.1, 0.15) is 24.2 Å². The van der Waals surface area contributed by atoms with Gasteiger partial charge in [0.1, 0.15) is 18.2 Å². The van der Waals surface area contributed by atoms with E-state index >= 15 is 0 Å². The molecule has 0 amide bonds. The highest BCUT2D eigenvalue weighted by Crippen LogP contribution is 2.20. The molecule has 0 saturated carbocycles. The molecule has 0 radical (unpaired) electrons. The van der Waals surface area contributed by atoms with Crippen LogP contribution in [-0.2, 0) is 6.61 Å². The van der Waals surface area contributed by atoms with Gasteiger partial charge in [0.15, 0.2) is 0 Å². The van der Waals surface area contributed by atoms with Crippen molar-refractivity contribution in [1.29, 1.82) is 0 Å². The Morgan fingerprint density at radius 3 is 2.53 bits per heavy atom. The summed E-state index contributed by atoms with van der Waals surface area (Å²) in [6, 6.07) is 11.8. The highest BCUT2D eigenvalue weighted by atomic mass is 79.9. The Morgan fingerprint density at radius 1 is 1.21 bits per heavy atom. The zero-order valence-corrected chi connectivity index (χ0v) is 12.0. The van der Waals surface area contributed by atoms with E-state index in [9.17, 15) is 9.50 Å². The molecule has 2 nitrogen and oxygen atoms in total. The summed E-state index contributed by atoms with van der Waals surface area (Å²) in [6.45, 7) is 1.87. The predicted octanol–water partition coefficient (Wildman–Crippen LogP) is 4.22. The van der Waals surface area contributed by atoms with Gasteiger partial charge < -0.3 is 9.84 Å². The second kappa shape index (κ2) is 6.17. The van der Waals surface area contributed by atoms with E-state index in [0.717, 1.165) is 10.0 Å². The molecule has 0 heterocycles. The molecule has 1 unspecified atom stereocenters. The molecule has 0 bridgehead atoms. The van der Waals surface area contributed by atoms with Crippen molar-refractivity contribution in [3.63, 3.8) is 0 Å². The number of hydrogen-bond acceptors (Lipinski definition) is 2. The molecule has 1 N–H and O–H groups in total. The summed E-state index contributed by atoms with van der Waals surface area (Å²) in [6.07, 6.45) is -0.503. The molecule has 2 aromatic rings. The van der Waals surface area contributed by atoms with Gasteiger partial charge in [-0.25, -0.2) is 4.39 Å². The van der Waals surface area contributed by atoms with Gasteiger partial charge in [-0.15, -0.1) is 0 Å². The van der Waals surface area contributed by atoms with Gasteiger partial charge in [0, 0.05) is 10.0 Å².